The van der Waals surface area contributed by atoms with E-state index in [-0.39, 0.29) is 5.41 Å². The minimum absolute atomic E-state index is 0.0264. The van der Waals surface area contributed by atoms with Gasteiger partial charge in [-0.15, -0.1) is 0 Å². The van der Waals surface area contributed by atoms with Crippen LogP contribution in [0.25, 0.3) is 0 Å². The maximum absolute atomic E-state index is 12.5. The van der Waals surface area contributed by atoms with Gasteiger partial charge in [0.1, 0.15) is 0 Å². The van der Waals surface area contributed by atoms with Crippen molar-refractivity contribution in [3.8, 4) is 6.07 Å². The Kier molecular flexibility index (Phi) is 3.05. The Labute approximate surface area is 109 Å². The van der Waals surface area contributed by atoms with E-state index in [1.807, 2.05) is 0 Å². The maximum Gasteiger partial charge on any atom is 0.226 e. The van der Waals surface area contributed by atoms with Crippen molar-refractivity contribution in [1.29, 1.82) is 5.26 Å². The molecule has 0 aliphatic heterocycles. The summed E-state index contributed by atoms with van der Waals surface area (Å²) >= 11 is 0. The highest BCUT2D eigenvalue weighted by Gasteiger charge is 2.54. The topological polar surface area (TPSA) is 52.9 Å². The number of carbonyl (C=O) groups is 1. The average Bonchev–Trinajstić information content (AvgIpc) is 2.32. The van der Waals surface area contributed by atoms with Crippen LogP contribution in [0.2, 0.25) is 0 Å². The Morgan fingerprint density at radius 3 is 2.22 bits per heavy atom. The summed E-state index contributed by atoms with van der Waals surface area (Å²) in [6.07, 6.45) is 8.84. The minimum atomic E-state index is -0.0264. The van der Waals surface area contributed by atoms with E-state index in [0.717, 1.165) is 43.4 Å². The van der Waals surface area contributed by atoms with Crippen LogP contribution in [0.15, 0.2) is 0 Å². The van der Waals surface area contributed by atoms with E-state index in [1.165, 1.54) is 19.3 Å². The fourth-order valence-electron chi connectivity index (χ4n) is 4.95. The van der Waals surface area contributed by atoms with Crippen molar-refractivity contribution in [2.75, 3.05) is 6.54 Å². The van der Waals surface area contributed by atoms with Gasteiger partial charge in [0.25, 0.3) is 0 Å². The third kappa shape index (κ3) is 2.02. The standard InChI is InChI=1S/C15H22N2O/c16-3-1-2-4-17-14(18)15-8-11-5-12(9-15)7-13(6-11)10-15/h11-13H,1-2,4-10H2,(H,17,18). The molecule has 98 valence electrons. The molecule has 0 unspecified atom stereocenters. The SMILES string of the molecule is N#CCCCNC(=O)C12CC3CC(CC(C3)C1)C2. The number of nitrogens with one attached hydrogen (secondary N) is 1. The van der Waals surface area contributed by atoms with Crippen LogP contribution in [0.5, 0.6) is 0 Å². The van der Waals surface area contributed by atoms with E-state index in [1.54, 1.807) is 0 Å². The van der Waals surface area contributed by atoms with Gasteiger partial charge in [0, 0.05) is 18.4 Å². The van der Waals surface area contributed by atoms with Gasteiger partial charge in [-0.2, -0.15) is 5.26 Å². The molecule has 1 N–H and O–H groups in total. The van der Waals surface area contributed by atoms with E-state index in [9.17, 15) is 4.79 Å². The lowest BCUT2D eigenvalue weighted by Crippen LogP contribution is -2.53. The number of nitrogens with zero attached hydrogens (tertiary/aromatic N) is 1. The van der Waals surface area contributed by atoms with Gasteiger partial charge in [-0.25, -0.2) is 0 Å². The summed E-state index contributed by atoms with van der Waals surface area (Å²) in [5, 5.41) is 11.6. The predicted molar refractivity (Wildman–Crippen MR) is 68.5 cm³/mol. The predicted octanol–water partition coefficient (Wildman–Crippen LogP) is 2.62. The molecule has 0 heterocycles. The second-order valence-electron chi connectivity index (χ2n) is 6.72. The smallest absolute Gasteiger partial charge is 0.226 e. The minimum Gasteiger partial charge on any atom is -0.356 e. The van der Waals surface area contributed by atoms with Crippen molar-refractivity contribution in [2.24, 2.45) is 23.2 Å². The quantitative estimate of drug-likeness (QED) is 0.775. The van der Waals surface area contributed by atoms with Gasteiger partial charge in [0.15, 0.2) is 0 Å². The highest BCUT2D eigenvalue weighted by atomic mass is 16.2. The van der Waals surface area contributed by atoms with Gasteiger partial charge in [-0.1, -0.05) is 0 Å². The van der Waals surface area contributed by atoms with Gasteiger partial charge < -0.3 is 5.32 Å². The zero-order valence-corrected chi connectivity index (χ0v) is 11.0. The van der Waals surface area contributed by atoms with Crippen molar-refractivity contribution >= 4 is 5.91 Å². The molecular formula is C15H22N2O. The molecule has 18 heavy (non-hydrogen) atoms. The summed E-state index contributed by atoms with van der Waals surface area (Å²) in [5.41, 5.74) is -0.0264. The molecule has 0 radical (unpaired) electrons. The molecule has 0 spiro atoms. The normalized spacial score (nSPS) is 40.5. The van der Waals surface area contributed by atoms with Crippen LogP contribution in [-0.2, 0) is 4.79 Å². The van der Waals surface area contributed by atoms with Gasteiger partial charge in [-0.3, -0.25) is 4.79 Å². The lowest BCUT2D eigenvalue weighted by atomic mass is 9.49. The maximum atomic E-state index is 12.5. The van der Waals surface area contributed by atoms with Gasteiger partial charge in [-0.05, 0) is 62.7 Å². The number of unbranched alkanes of at least 4 members (excludes halogenated alkanes) is 1. The number of nitriles is 1. The molecule has 0 aromatic rings. The number of amides is 1. The highest BCUT2D eigenvalue weighted by molar-refractivity contribution is 5.83. The van der Waals surface area contributed by atoms with E-state index in [2.05, 4.69) is 11.4 Å². The second-order valence-corrected chi connectivity index (χ2v) is 6.72. The van der Waals surface area contributed by atoms with Crippen molar-refractivity contribution in [3.63, 3.8) is 0 Å². The van der Waals surface area contributed by atoms with Crippen LogP contribution in [0, 0.1) is 34.5 Å². The Bertz CT molecular complexity index is 347. The molecule has 4 bridgehead atoms. The van der Waals surface area contributed by atoms with Gasteiger partial charge in [0.05, 0.1) is 6.07 Å². The number of hydrogen-bond donors (Lipinski definition) is 1. The first-order valence-electron chi connectivity index (χ1n) is 7.37. The molecule has 0 aromatic heterocycles. The summed E-state index contributed by atoms with van der Waals surface area (Å²) < 4.78 is 0. The summed E-state index contributed by atoms with van der Waals surface area (Å²) in [6.45, 7) is 0.675. The monoisotopic (exact) mass is 246 g/mol. The first-order chi connectivity index (χ1) is 8.72. The van der Waals surface area contributed by atoms with Crippen molar-refractivity contribution < 1.29 is 4.79 Å². The summed E-state index contributed by atoms with van der Waals surface area (Å²) in [5.74, 6) is 2.75. The summed E-state index contributed by atoms with van der Waals surface area (Å²) in [7, 11) is 0. The molecule has 3 heteroatoms. The first-order valence-corrected chi connectivity index (χ1v) is 7.37. The molecule has 0 aromatic carbocycles. The third-order valence-electron chi connectivity index (χ3n) is 5.27. The number of carbonyl (C=O) groups excluding carboxylic acids is 1. The second kappa shape index (κ2) is 4.57. The molecule has 4 saturated carbocycles. The van der Waals surface area contributed by atoms with Crippen LogP contribution in [0.3, 0.4) is 0 Å². The molecule has 3 nitrogen and oxygen atoms in total. The Morgan fingerprint density at radius 2 is 1.72 bits per heavy atom. The first kappa shape index (κ1) is 12.0. The molecular weight excluding hydrogens is 224 g/mol. The molecule has 4 aliphatic rings. The van der Waals surface area contributed by atoms with Crippen LogP contribution >= 0.6 is 0 Å². The Balaban J connectivity index is 1.61. The van der Waals surface area contributed by atoms with Crippen molar-refractivity contribution in [3.05, 3.63) is 0 Å². The lowest BCUT2D eigenvalue weighted by molar-refractivity contribution is -0.146. The average molecular weight is 246 g/mol. The Hall–Kier alpha value is -1.04. The van der Waals surface area contributed by atoms with E-state index in [0.29, 0.717) is 18.9 Å². The zero-order chi connectivity index (χ0) is 12.6. The molecule has 4 rings (SSSR count). The lowest BCUT2D eigenvalue weighted by Gasteiger charge is -2.55. The van der Waals surface area contributed by atoms with E-state index in [4.69, 9.17) is 5.26 Å². The van der Waals surface area contributed by atoms with Crippen LogP contribution in [0.1, 0.15) is 51.4 Å². The zero-order valence-electron chi connectivity index (χ0n) is 11.0. The molecule has 1 amide bonds. The molecule has 4 aliphatic carbocycles. The fraction of sp³-hybridized carbons (Fsp3) is 0.867. The summed E-state index contributed by atoms with van der Waals surface area (Å²) in [4.78, 5) is 12.5. The van der Waals surface area contributed by atoms with Crippen LogP contribution in [-0.4, -0.2) is 12.5 Å². The van der Waals surface area contributed by atoms with Gasteiger partial charge >= 0.3 is 0 Å². The van der Waals surface area contributed by atoms with E-state index < -0.39 is 0 Å². The molecule has 0 atom stereocenters. The van der Waals surface area contributed by atoms with Crippen LogP contribution < -0.4 is 5.32 Å². The number of rotatable bonds is 4. The fourth-order valence-corrected chi connectivity index (χ4v) is 4.95. The van der Waals surface area contributed by atoms with Crippen LogP contribution in [0.4, 0.5) is 0 Å². The van der Waals surface area contributed by atoms with Crippen molar-refractivity contribution in [2.45, 2.75) is 51.4 Å². The third-order valence-corrected chi connectivity index (χ3v) is 5.27. The van der Waals surface area contributed by atoms with E-state index >= 15 is 0 Å². The largest absolute Gasteiger partial charge is 0.356 e. The Morgan fingerprint density at radius 1 is 1.17 bits per heavy atom. The van der Waals surface area contributed by atoms with Gasteiger partial charge in [0.2, 0.25) is 5.91 Å². The molecule has 0 saturated heterocycles. The highest BCUT2D eigenvalue weighted by Crippen LogP contribution is 2.60. The number of hydrogen-bond acceptors (Lipinski definition) is 2. The molecule has 4 fully saturated rings. The van der Waals surface area contributed by atoms with Crippen molar-refractivity contribution in [1.82, 2.24) is 5.32 Å². The summed E-state index contributed by atoms with van der Waals surface area (Å²) in [6, 6.07) is 2.13.